The van der Waals surface area contributed by atoms with Gasteiger partial charge >= 0.3 is 6.18 Å². The Labute approximate surface area is 154 Å². The third-order valence-corrected chi connectivity index (χ3v) is 4.31. The van der Waals surface area contributed by atoms with Crippen LogP contribution in [-0.2, 0) is 6.18 Å². The molecule has 1 aromatic heterocycles. The lowest BCUT2D eigenvalue weighted by atomic mass is 9.76. The second-order valence-electron chi connectivity index (χ2n) is 6.05. The van der Waals surface area contributed by atoms with Gasteiger partial charge in [0, 0.05) is 23.6 Å². The number of halogens is 3. The molecule has 0 amide bonds. The molecule has 0 aliphatic heterocycles. The molecule has 3 rings (SSSR count). The van der Waals surface area contributed by atoms with Gasteiger partial charge in [0.2, 0.25) is 0 Å². The molecule has 0 bridgehead atoms. The van der Waals surface area contributed by atoms with Crippen molar-refractivity contribution in [1.29, 1.82) is 0 Å². The third-order valence-electron chi connectivity index (χ3n) is 4.31. The van der Waals surface area contributed by atoms with E-state index in [2.05, 4.69) is 22.3 Å². The van der Waals surface area contributed by atoms with Crippen molar-refractivity contribution in [3.8, 4) is 0 Å². The standard InChI is InChI=1S/C20H17F3N4/c1-2-17(27-19(24)25)13-9-8-12-5-3-6-14(15(12)11-13)18-16(20(21,22)23)7-4-10-26-18/h3-12,15H,1H2,(H4,24,25,27). The number of aliphatic imine (C=N–C) groups is 1. The van der Waals surface area contributed by atoms with Crippen LogP contribution in [0.5, 0.6) is 0 Å². The SMILES string of the molecule is C=C=C(N=C(N)N)C1=CC2C(c3ncccc3C(F)(F)F)=CC=CC2C=C1. The number of aromatic nitrogens is 1. The highest BCUT2D eigenvalue weighted by Gasteiger charge is 2.37. The highest BCUT2D eigenvalue weighted by atomic mass is 19.4. The van der Waals surface area contributed by atoms with Gasteiger partial charge in [-0.3, -0.25) is 4.98 Å². The van der Waals surface area contributed by atoms with E-state index in [-0.39, 0.29) is 23.5 Å². The fourth-order valence-electron chi connectivity index (χ4n) is 3.17. The van der Waals surface area contributed by atoms with Crippen LogP contribution in [0.2, 0.25) is 0 Å². The number of rotatable bonds is 3. The van der Waals surface area contributed by atoms with Crippen molar-refractivity contribution in [3.05, 3.63) is 89.6 Å². The molecule has 7 heteroatoms. The van der Waals surface area contributed by atoms with Gasteiger partial charge in [0.05, 0.1) is 11.3 Å². The molecule has 0 aromatic carbocycles. The summed E-state index contributed by atoms with van der Waals surface area (Å²) in [5, 5.41) is 0. The van der Waals surface area contributed by atoms with E-state index in [9.17, 15) is 13.2 Å². The van der Waals surface area contributed by atoms with E-state index in [1.807, 2.05) is 18.2 Å². The van der Waals surface area contributed by atoms with E-state index in [1.165, 1.54) is 12.3 Å². The van der Waals surface area contributed by atoms with Crippen molar-refractivity contribution in [2.24, 2.45) is 28.3 Å². The number of guanidine groups is 1. The first-order valence-electron chi connectivity index (χ1n) is 8.12. The van der Waals surface area contributed by atoms with E-state index in [4.69, 9.17) is 11.5 Å². The molecule has 27 heavy (non-hydrogen) atoms. The first kappa shape index (κ1) is 18.5. The number of nitrogens with two attached hydrogens (primary N) is 2. The lowest BCUT2D eigenvalue weighted by molar-refractivity contribution is -0.138. The highest BCUT2D eigenvalue weighted by Crippen LogP contribution is 2.42. The third kappa shape index (κ3) is 3.78. The van der Waals surface area contributed by atoms with Crippen LogP contribution in [0.4, 0.5) is 13.2 Å². The normalized spacial score (nSPS) is 20.9. The first-order chi connectivity index (χ1) is 12.8. The lowest BCUT2D eigenvalue weighted by Crippen LogP contribution is -2.23. The number of hydrogen-bond donors (Lipinski definition) is 2. The minimum absolute atomic E-state index is 0.0822. The second kappa shape index (κ2) is 7.13. The molecule has 0 radical (unpaired) electrons. The fraction of sp³-hybridized carbons (Fsp3) is 0.150. The van der Waals surface area contributed by atoms with Crippen molar-refractivity contribution in [2.75, 3.05) is 0 Å². The van der Waals surface area contributed by atoms with Crippen molar-refractivity contribution < 1.29 is 13.2 Å². The molecule has 0 saturated heterocycles. The molecule has 138 valence electrons. The van der Waals surface area contributed by atoms with Gasteiger partial charge in [0.15, 0.2) is 5.96 Å². The summed E-state index contributed by atoms with van der Waals surface area (Å²) in [6.45, 7) is 3.57. The Bertz CT molecular complexity index is 954. The Hall–Kier alpha value is -3.31. The van der Waals surface area contributed by atoms with Crippen molar-refractivity contribution in [2.45, 2.75) is 6.18 Å². The molecule has 0 saturated carbocycles. The molecule has 0 fully saturated rings. The van der Waals surface area contributed by atoms with Gasteiger partial charge in [-0.2, -0.15) is 13.2 Å². The summed E-state index contributed by atoms with van der Waals surface area (Å²) in [5.41, 5.74) is 14.1. The predicted octanol–water partition coefficient (Wildman–Crippen LogP) is 3.72. The van der Waals surface area contributed by atoms with E-state index in [0.29, 0.717) is 16.8 Å². The summed E-state index contributed by atoms with van der Waals surface area (Å²) >= 11 is 0. The zero-order valence-electron chi connectivity index (χ0n) is 14.2. The summed E-state index contributed by atoms with van der Waals surface area (Å²) in [4.78, 5) is 7.99. The van der Waals surface area contributed by atoms with E-state index in [0.717, 1.165) is 6.07 Å². The Morgan fingerprint density at radius 3 is 2.70 bits per heavy atom. The van der Waals surface area contributed by atoms with E-state index in [1.54, 1.807) is 18.2 Å². The number of nitrogens with zero attached hydrogens (tertiary/aromatic N) is 2. The fourth-order valence-corrected chi connectivity index (χ4v) is 3.17. The van der Waals surface area contributed by atoms with Gasteiger partial charge < -0.3 is 11.5 Å². The van der Waals surface area contributed by atoms with Crippen LogP contribution in [0.3, 0.4) is 0 Å². The van der Waals surface area contributed by atoms with Gasteiger partial charge in [-0.25, -0.2) is 4.99 Å². The van der Waals surface area contributed by atoms with Crippen LogP contribution in [0, 0.1) is 11.8 Å². The number of alkyl halides is 3. The Balaban J connectivity index is 2.09. The van der Waals surface area contributed by atoms with E-state index < -0.39 is 11.7 Å². The zero-order valence-corrected chi connectivity index (χ0v) is 14.2. The molecular weight excluding hydrogens is 353 g/mol. The summed E-state index contributed by atoms with van der Waals surface area (Å²) in [5.74, 6) is -0.591. The topological polar surface area (TPSA) is 77.3 Å². The lowest BCUT2D eigenvalue weighted by Gasteiger charge is -2.29. The summed E-state index contributed by atoms with van der Waals surface area (Å²) < 4.78 is 40.3. The van der Waals surface area contributed by atoms with E-state index >= 15 is 0 Å². The maximum Gasteiger partial charge on any atom is 0.418 e. The Kier molecular flexibility index (Phi) is 4.88. The van der Waals surface area contributed by atoms with Crippen LogP contribution in [0.15, 0.2) is 83.4 Å². The average molecular weight is 370 g/mol. The van der Waals surface area contributed by atoms with Crippen LogP contribution < -0.4 is 11.5 Å². The van der Waals surface area contributed by atoms with Crippen LogP contribution in [-0.4, -0.2) is 10.9 Å². The Morgan fingerprint density at radius 2 is 2.04 bits per heavy atom. The maximum atomic E-state index is 13.4. The van der Waals surface area contributed by atoms with Gasteiger partial charge in [0.25, 0.3) is 0 Å². The van der Waals surface area contributed by atoms with Gasteiger partial charge in [-0.15, -0.1) is 5.73 Å². The molecule has 1 heterocycles. The largest absolute Gasteiger partial charge is 0.418 e. The summed E-state index contributed by atoms with van der Waals surface area (Å²) in [6, 6.07) is 2.32. The number of allylic oxidation sites excluding steroid dienone is 7. The van der Waals surface area contributed by atoms with Gasteiger partial charge in [-0.05, 0) is 17.7 Å². The van der Waals surface area contributed by atoms with Crippen molar-refractivity contribution in [1.82, 2.24) is 4.98 Å². The van der Waals surface area contributed by atoms with Crippen LogP contribution >= 0.6 is 0 Å². The van der Waals surface area contributed by atoms with Crippen molar-refractivity contribution in [3.63, 3.8) is 0 Å². The summed E-state index contributed by atoms with van der Waals surface area (Å²) in [6.07, 6.45) is 7.69. The zero-order chi connectivity index (χ0) is 19.6. The van der Waals surface area contributed by atoms with Gasteiger partial charge in [0.1, 0.15) is 5.70 Å². The summed E-state index contributed by atoms with van der Waals surface area (Å²) in [7, 11) is 0. The minimum atomic E-state index is -4.50. The molecule has 2 aliphatic carbocycles. The van der Waals surface area contributed by atoms with Gasteiger partial charge in [-0.1, -0.05) is 43.0 Å². The highest BCUT2D eigenvalue weighted by molar-refractivity contribution is 5.78. The smallest absolute Gasteiger partial charge is 0.370 e. The molecule has 2 aliphatic rings. The molecule has 2 atom stereocenters. The van der Waals surface area contributed by atoms with Crippen LogP contribution in [0.25, 0.3) is 5.57 Å². The predicted molar refractivity (Wildman–Crippen MR) is 99.0 cm³/mol. The Morgan fingerprint density at radius 1 is 1.26 bits per heavy atom. The molecule has 0 spiro atoms. The molecule has 4 N–H and O–H groups in total. The van der Waals surface area contributed by atoms with Crippen LogP contribution in [0.1, 0.15) is 11.3 Å². The average Bonchev–Trinajstić information content (AvgIpc) is 2.64. The monoisotopic (exact) mass is 370 g/mol. The molecule has 1 aromatic rings. The number of pyridine rings is 1. The molecule has 4 nitrogen and oxygen atoms in total. The maximum absolute atomic E-state index is 13.4. The number of hydrogen-bond acceptors (Lipinski definition) is 2. The molecule has 2 unspecified atom stereocenters. The minimum Gasteiger partial charge on any atom is -0.370 e. The van der Waals surface area contributed by atoms with Crippen molar-refractivity contribution >= 4 is 11.5 Å². The first-order valence-corrected chi connectivity index (χ1v) is 8.12. The quantitative estimate of drug-likeness (QED) is 0.484. The second-order valence-corrected chi connectivity index (χ2v) is 6.05. The molecular formula is C20H17F3N4. The number of fused-ring (bicyclic) bond motifs is 1.